The Balaban J connectivity index is 1.54. The maximum absolute atomic E-state index is 13.2. The topological polar surface area (TPSA) is 119 Å². The monoisotopic (exact) mass is 613 g/mol. The second kappa shape index (κ2) is 10.4. The van der Waals surface area contributed by atoms with Gasteiger partial charge in [0, 0.05) is 16.6 Å². The molecule has 0 aromatic heterocycles. The zero-order valence-electron chi connectivity index (χ0n) is 18.7. The first-order valence-corrected chi connectivity index (χ1v) is 12.1. The summed E-state index contributed by atoms with van der Waals surface area (Å²) in [6, 6.07) is 15.3. The number of ether oxygens (including phenoxy) is 1. The number of urea groups is 1. The number of benzene rings is 3. The quantitative estimate of drug-likeness (QED) is 0.165. The summed E-state index contributed by atoms with van der Waals surface area (Å²) in [5.74, 6) is -1.02. The van der Waals surface area contributed by atoms with Gasteiger partial charge in [0.1, 0.15) is 17.9 Å². The minimum Gasteiger partial charge on any atom is -0.488 e. The molecule has 1 aliphatic heterocycles. The zero-order valence-corrected chi connectivity index (χ0v) is 21.8. The number of nitro benzene ring substituents is 1. The number of aryl methyl sites for hydroxylation is 1. The van der Waals surface area contributed by atoms with Gasteiger partial charge in [0.15, 0.2) is 0 Å². The molecule has 11 heteroatoms. The van der Waals surface area contributed by atoms with Gasteiger partial charge in [-0.1, -0.05) is 22.0 Å². The van der Waals surface area contributed by atoms with Crippen molar-refractivity contribution < 1.29 is 24.0 Å². The highest BCUT2D eigenvalue weighted by Gasteiger charge is 2.37. The van der Waals surface area contributed by atoms with Crippen LogP contribution in [0.15, 0.2) is 75.2 Å². The number of carbonyl (C=O) groups excluding carboxylic acids is 3. The number of hydrogen-bond acceptors (Lipinski definition) is 6. The smallest absolute Gasteiger partial charge is 0.335 e. The number of carbonyl (C=O) groups is 3. The molecular formula is C25H17Br2N3O6. The van der Waals surface area contributed by atoms with Crippen LogP contribution < -0.4 is 15.0 Å². The Labute approximate surface area is 222 Å². The fourth-order valence-electron chi connectivity index (χ4n) is 3.51. The summed E-state index contributed by atoms with van der Waals surface area (Å²) in [7, 11) is 0. The molecule has 0 bridgehead atoms. The van der Waals surface area contributed by atoms with Crippen LogP contribution in [0.4, 0.5) is 16.2 Å². The van der Waals surface area contributed by atoms with Crippen LogP contribution >= 0.6 is 31.9 Å². The molecule has 1 saturated heterocycles. The molecule has 4 amide bonds. The molecule has 0 unspecified atom stereocenters. The van der Waals surface area contributed by atoms with Crippen molar-refractivity contribution in [3.63, 3.8) is 0 Å². The molecule has 3 aromatic carbocycles. The first-order chi connectivity index (χ1) is 17.1. The average molecular weight is 615 g/mol. The van der Waals surface area contributed by atoms with E-state index in [0.717, 1.165) is 14.9 Å². The Morgan fingerprint density at radius 3 is 2.39 bits per heavy atom. The molecule has 4 rings (SSSR count). The van der Waals surface area contributed by atoms with Crippen LogP contribution in [0, 0.1) is 17.0 Å². The molecule has 1 fully saturated rings. The second-order valence-electron chi connectivity index (χ2n) is 7.79. The van der Waals surface area contributed by atoms with Gasteiger partial charge in [0.25, 0.3) is 17.5 Å². The van der Waals surface area contributed by atoms with Crippen molar-refractivity contribution in [1.82, 2.24) is 5.32 Å². The molecule has 1 heterocycles. The van der Waals surface area contributed by atoms with E-state index in [4.69, 9.17) is 4.74 Å². The third-order valence-corrected chi connectivity index (χ3v) is 6.42. The summed E-state index contributed by atoms with van der Waals surface area (Å²) in [5, 5.41) is 13.0. The summed E-state index contributed by atoms with van der Waals surface area (Å²) in [6.45, 7) is 1.94. The standard InChI is InChI=1S/C25H17Br2N3O6/c1-14-10-17(26)5-8-21(14)29-24(32)19(23(31)28-25(29)33)11-16-4-9-22(20(27)12-16)36-13-15-2-6-18(7-3-15)30(34)35/h2-12H,13H2,1H3,(H,28,31,33)/b19-11-. The molecule has 0 spiro atoms. The molecular weight excluding hydrogens is 598 g/mol. The van der Waals surface area contributed by atoms with Crippen molar-refractivity contribution in [3.05, 3.63) is 102 Å². The number of barbiturate groups is 1. The van der Waals surface area contributed by atoms with Crippen molar-refractivity contribution >= 4 is 67.2 Å². The number of nitro groups is 1. The lowest BCUT2D eigenvalue weighted by molar-refractivity contribution is -0.384. The molecule has 0 radical (unpaired) electrons. The number of nitrogens with zero attached hydrogens (tertiary/aromatic N) is 2. The minimum absolute atomic E-state index is 0.00539. The van der Waals surface area contributed by atoms with Crippen LogP contribution in [0.5, 0.6) is 5.75 Å². The number of amides is 4. The van der Waals surface area contributed by atoms with E-state index in [2.05, 4.69) is 37.2 Å². The van der Waals surface area contributed by atoms with E-state index < -0.39 is 22.8 Å². The molecule has 9 nitrogen and oxygen atoms in total. The minimum atomic E-state index is -0.816. The summed E-state index contributed by atoms with van der Waals surface area (Å²) >= 11 is 6.78. The van der Waals surface area contributed by atoms with Gasteiger partial charge in [-0.15, -0.1) is 0 Å². The lowest BCUT2D eigenvalue weighted by Crippen LogP contribution is -2.54. The number of nitrogens with one attached hydrogen (secondary N) is 1. The molecule has 0 saturated carbocycles. The maximum Gasteiger partial charge on any atom is 0.335 e. The third-order valence-electron chi connectivity index (χ3n) is 5.31. The van der Waals surface area contributed by atoms with Gasteiger partial charge in [-0.05, 0) is 88.1 Å². The highest BCUT2D eigenvalue weighted by molar-refractivity contribution is 9.10. The fraction of sp³-hybridized carbons (Fsp3) is 0.0800. The van der Waals surface area contributed by atoms with Crippen molar-refractivity contribution in [3.8, 4) is 5.75 Å². The molecule has 1 aliphatic rings. The number of hydrogen-bond donors (Lipinski definition) is 1. The Bertz CT molecular complexity index is 1440. The van der Waals surface area contributed by atoms with E-state index in [1.54, 1.807) is 55.5 Å². The van der Waals surface area contributed by atoms with Crippen molar-refractivity contribution in [2.24, 2.45) is 0 Å². The van der Waals surface area contributed by atoms with E-state index in [1.165, 1.54) is 18.2 Å². The number of halogens is 2. The molecule has 182 valence electrons. The number of anilines is 1. The number of imide groups is 2. The predicted octanol–water partition coefficient (Wildman–Crippen LogP) is 5.67. The van der Waals surface area contributed by atoms with Crippen LogP contribution in [0.25, 0.3) is 6.08 Å². The first kappa shape index (κ1) is 25.3. The van der Waals surface area contributed by atoms with E-state index >= 15 is 0 Å². The van der Waals surface area contributed by atoms with E-state index in [-0.39, 0.29) is 17.9 Å². The van der Waals surface area contributed by atoms with Crippen LogP contribution in [0.2, 0.25) is 0 Å². The summed E-state index contributed by atoms with van der Waals surface area (Å²) in [5.41, 5.74) is 2.13. The summed E-state index contributed by atoms with van der Waals surface area (Å²) in [4.78, 5) is 49.3. The lowest BCUT2D eigenvalue weighted by Gasteiger charge is -2.27. The fourth-order valence-corrected chi connectivity index (χ4v) is 4.50. The van der Waals surface area contributed by atoms with Crippen molar-refractivity contribution in [2.45, 2.75) is 13.5 Å². The van der Waals surface area contributed by atoms with Crippen LogP contribution in [0.1, 0.15) is 16.7 Å². The highest BCUT2D eigenvalue weighted by atomic mass is 79.9. The average Bonchev–Trinajstić information content (AvgIpc) is 2.82. The summed E-state index contributed by atoms with van der Waals surface area (Å²) in [6.07, 6.45) is 1.40. The lowest BCUT2D eigenvalue weighted by atomic mass is 10.1. The zero-order chi connectivity index (χ0) is 26.0. The maximum atomic E-state index is 13.2. The van der Waals surface area contributed by atoms with Crippen LogP contribution in [-0.4, -0.2) is 22.8 Å². The first-order valence-electron chi connectivity index (χ1n) is 10.5. The van der Waals surface area contributed by atoms with E-state index in [0.29, 0.717) is 27.0 Å². The van der Waals surface area contributed by atoms with Gasteiger partial charge in [0.2, 0.25) is 0 Å². The third kappa shape index (κ3) is 5.37. The van der Waals surface area contributed by atoms with Gasteiger partial charge >= 0.3 is 6.03 Å². The van der Waals surface area contributed by atoms with Gasteiger partial charge in [-0.3, -0.25) is 25.0 Å². The van der Waals surface area contributed by atoms with Crippen LogP contribution in [-0.2, 0) is 16.2 Å². The normalized spacial score (nSPS) is 14.7. The number of rotatable bonds is 6. The van der Waals surface area contributed by atoms with Gasteiger partial charge in [0.05, 0.1) is 15.1 Å². The predicted molar refractivity (Wildman–Crippen MR) is 139 cm³/mol. The molecule has 3 aromatic rings. The Hall–Kier alpha value is -3.83. The van der Waals surface area contributed by atoms with Gasteiger partial charge in [-0.25, -0.2) is 9.69 Å². The van der Waals surface area contributed by atoms with E-state index in [1.807, 2.05) is 0 Å². The molecule has 0 atom stereocenters. The molecule has 36 heavy (non-hydrogen) atoms. The Morgan fingerprint density at radius 2 is 1.75 bits per heavy atom. The SMILES string of the molecule is Cc1cc(Br)ccc1N1C(=O)NC(=O)/C(=C/c2ccc(OCc3ccc([N+](=O)[O-])cc3)c(Br)c2)C1=O. The van der Waals surface area contributed by atoms with Crippen molar-refractivity contribution in [2.75, 3.05) is 4.90 Å². The molecule has 1 N–H and O–H groups in total. The summed E-state index contributed by atoms with van der Waals surface area (Å²) < 4.78 is 7.14. The van der Waals surface area contributed by atoms with Crippen LogP contribution in [0.3, 0.4) is 0 Å². The van der Waals surface area contributed by atoms with Gasteiger partial charge < -0.3 is 4.74 Å². The molecule has 0 aliphatic carbocycles. The Kier molecular flexibility index (Phi) is 7.32. The second-order valence-corrected chi connectivity index (χ2v) is 9.56. The number of non-ortho nitro benzene ring substituents is 1. The largest absolute Gasteiger partial charge is 0.488 e. The van der Waals surface area contributed by atoms with Gasteiger partial charge in [-0.2, -0.15) is 0 Å². The van der Waals surface area contributed by atoms with E-state index in [9.17, 15) is 24.5 Å². The highest BCUT2D eigenvalue weighted by Crippen LogP contribution is 2.30. The van der Waals surface area contributed by atoms with Crippen molar-refractivity contribution in [1.29, 1.82) is 0 Å². The Morgan fingerprint density at radius 1 is 1.03 bits per heavy atom.